The number of carbonyl (C=O) groups is 1. The van der Waals surface area contributed by atoms with Gasteiger partial charge in [0.25, 0.3) is 0 Å². The molecule has 1 aliphatic rings. The van der Waals surface area contributed by atoms with Crippen LogP contribution < -0.4 is 5.32 Å². The Labute approximate surface area is 139 Å². The van der Waals surface area contributed by atoms with Crippen molar-refractivity contribution in [2.45, 2.75) is 71.3 Å². The zero-order valence-electron chi connectivity index (χ0n) is 14.9. The highest BCUT2D eigenvalue weighted by molar-refractivity contribution is 5.75. The third kappa shape index (κ3) is 5.30. The molecule has 6 heteroatoms. The Bertz CT molecular complexity index is 507. The fourth-order valence-corrected chi connectivity index (χ4v) is 2.92. The molecule has 6 nitrogen and oxygen atoms in total. The van der Waals surface area contributed by atoms with E-state index < -0.39 is 0 Å². The average molecular weight is 322 g/mol. The Kier molecular flexibility index (Phi) is 6.16. The molecule has 0 aromatic carbocycles. The first-order valence-corrected chi connectivity index (χ1v) is 8.74. The van der Waals surface area contributed by atoms with Gasteiger partial charge in [-0.3, -0.25) is 9.69 Å². The normalized spacial score (nSPS) is 19.2. The zero-order valence-corrected chi connectivity index (χ0v) is 14.9. The summed E-state index contributed by atoms with van der Waals surface area (Å²) in [4.78, 5) is 18.8. The van der Waals surface area contributed by atoms with Crippen molar-refractivity contribution >= 4 is 5.91 Å². The Balaban J connectivity index is 1.66. The van der Waals surface area contributed by atoms with E-state index in [9.17, 15) is 4.79 Å². The number of rotatable bonds is 7. The summed E-state index contributed by atoms with van der Waals surface area (Å²) in [6.07, 6.45) is 4.32. The van der Waals surface area contributed by atoms with Crippen molar-refractivity contribution in [1.29, 1.82) is 0 Å². The second-order valence-electron chi connectivity index (χ2n) is 7.34. The summed E-state index contributed by atoms with van der Waals surface area (Å²) in [5.41, 5.74) is -0.106. The largest absolute Gasteiger partial charge is 0.355 e. The molecule has 0 spiro atoms. The molecular formula is C17H30N4O2. The summed E-state index contributed by atoms with van der Waals surface area (Å²) in [6, 6.07) is 0.509. The maximum absolute atomic E-state index is 12.0. The zero-order chi connectivity index (χ0) is 16.9. The highest BCUT2D eigenvalue weighted by atomic mass is 16.5. The van der Waals surface area contributed by atoms with Crippen molar-refractivity contribution in [2.24, 2.45) is 0 Å². The van der Waals surface area contributed by atoms with Crippen molar-refractivity contribution < 1.29 is 9.32 Å². The number of aromatic nitrogens is 2. The van der Waals surface area contributed by atoms with Crippen LogP contribution in [0, 0.1) is 0 Å². The average Bonchev–Trinajstić information content (AvgIpc) is 3.13. The third-order valence-electron chi connectivity index (χ3n) is 4.37. The maximum Gasteiger partial charge on any atom is 0.226 e. The monoisotopic (exact) mass is 322 g/mol. The molecule has 0 aliphatic carbocycles. The molecule has 0 saturated carbocycles. The summed E-state index contributed by atoms with van der Waals surface area (Å²) in [6.45, 7) is 11.3. The Morgan fingerprint density at radius 3 is 2.87 bits per heavy atom. The molecule has 23 heavy (non-hydrogen) atoms. The molecule has 1 atom stereocenters. The molecule has 1 saturated heterocycles. The van der Waals surface area contributed by atoms with E-state index in [2.05, 4.69) is 48.1 Å². The predicted molar refractivity (Wildman–Crippen MR) is 89.2 cm³/mol. The number of amides is 1. The molecule has 130 valence electrons. The summed E-state index contributed by atoms with van der Waals surface area (Å²) in [5, 5.41) is 7.06. The van der Waals surface area contributed by atoms with Gasteiger partial charge in [0.1, 0.15) is 0 Å². The molecule has 2 rings (SSSR count). The second-order valence-corrected chi connectivity index (χ2v) is 7.34. The quantitative estimate of drug-likeness (QED) is 0.834. The van der Waals surface area contributed by atoms with Crippen molar-refractivity contribution in [3.8, 4) is 0 Å². The van der Waals surface area contributed by atoms with Gasteiger partial charge in [0.15, 0.2) is 5.82 Å². The Morgan fingerprint density at radius 2 is 2.22 bits per heavy atom. The predicted octanol–water partition coefficient (Wildman–Crippen LogP) is 2.29. The van der Waals surface area contributed by atoms with Gasteiger partial charge in [-0.05, 0) is 32.4 Å². The van der Waals surface area contributed by atoms with Crippen LogP contribution in [0.4, 0.5) is 0 Å². The van der Waals surface area contributed by atoms with Crippen LogP contribution in [0.2, 0.25) is 0 Å². The molecule has 1 aliphatic heterocycles. The summed E-state index contributed by atoms with van der Waals surface area (Å²) < 4.78 is 5.24. The molecule has 0 bridgehead atoms. The number of hydrogen-bond acceptors (Lipinski definition) is 5. The molecule has 1 amide bonds. The van der Waals surface area contributed by atoms with Crippen molar-refractivity contribution in [2.75, 3.05) is 19.6 Å². The van der Waals surface area contributed by atoms with Crippen LogP contribution >= 0.6 is 0 Å². The lowest BCUT2D eigenvalue weighted by atomic mass is 9.96. The summed E-state index contributed by atoms with van der Waals surface area (Å²) in [7, 11) is 0. The minimum atomic E-state index is -0.106. The van der Waals surface area contributed by atoms with E-state index in [0.29, 0.717) is 24.8 Å². The molecule has 1 fully saturated rings. The molecule has 2 heterocycles. The van der Waals surface area contributed by atoms with E-state index in [1.807, 2.05) is 0 Å². The van der Waals surface area contributed by atoms with E-state index in [-0.39, 0.29) is 11.3 Å². The maximum atomic E-state index is 12.0. The van der Waals surface area contributed by atoms with E-state index in [1.165, 1.54) is 12.8 Å². The second kappa shape index (κ2) is 7.90. The highest BCUT2D eigenvalue weighted by Gasteiger charge is 2.23. The number of carbonyl (C=O) groups excluding carboxylic acids is 1. The lowest BCUT2D eigenvalue weighted by molar-refractivity contribution is -0.121. The first kappa shape index (κ1) is 17.9. The van der Waals surface area contributed by atoms with Crippen LogP contribution in [0.3, 0.4) is 0 Å². The van der Waals surface area contributed by atoms with Crippen molar-refractivity contribution in [3.05, 3.63) is 11.7 Å². The molecule has 0 unspecified atom stereocenters. The number of nitrogens with zero attached hydrogens (tertiary/aromatic N) is 3. The van der Waals surface area contributed by atoms with Crippen molar-refractivity contribution in [1.82, 2.24) is 20.4 Å². The standard InChI is InChI=1S/C17H30N4O2/c1-5-21-11-7-8-13(21)12-18-14(22)9-6-10-15-19-16(20-23-15)17(2,3)4/h13H,5-12H2,1-4H3,(H,18,22)/t13-/m0/s1. The van der Waals surface area contributed by atoms with Crippen LogP contribution in [0.25, 0.3) is 0 Å². The van der Waals surface area contributed by atoms with Gasteiger partial charge in [-0.1, -0.05) is 32.9 Å². The molecule has 1 aromatic heterocycles. The lowest BCUT2D eigenvalue weighted by Gasteiger charge is -2.22. The smallest absolute Gasteiger partial charge is 0.226 e. The summed E-state index contributed by atoms with van der Waals surface area (Å²) >= 11 is 0. The minimum absolute atomic E-state index is 0.106. The third-order valence-corrected chi connectivity index (χ3v) is 4.37. The van der Waals surface area contributed by atoms with Crippen LogP contribution in [-0.4, -0.2) is 46.6 Å². The minimum Gasteiger partial charge on any atom is -0.355 e. The SMILES string of the molecule is CCN1CCC[C@H]1CNC(=O)CCCc1nc(C(C)(C)C)no1. The van der Waals surface area contributed by atoms with Gasteiger partial charge < -0.3 is 9.84 Å². The van der Waals surface area contributed by atoms with Crippen LogP contribution in [0.1, 0.15) is 65.1 Å². The first-order valence-electron chi connectivity index (χ1n) is 8.74. The highest BCUT2D eigenvalue weighted by Crippen LogP contribution is 2.19. The van der Waals surface area contributed by atoms with Gasteiger partial charge in [0.2, 0.25) is 11.8 Å². The Hall–Kier alpha value is -1.43. The fraction of sp³-hybridized carbons (Fsp3) is 0.824. The van der Waals surface area contributed by atoms with Crippen LogP contribution in [-0.2, 0) is 16.6 Å². The van der Waals surface area contributed by atoms with E-state index >= 15 is 0 Å². The van der Waals surface area contributed by atoms with Gasteiger partial charge in [0, 0.05) is 30.8 Å². The topological polar surface area (TPSA) is 71.3 Å². The van der Waals surface area contributed by atoms with Crippen LogP contribution in [0.5, 0.6) is 0 Å². The molecule has 0 radical (unpaired) electrons. The van der Waals surface area contributed by atoms with Gasteiger partial charge in [-0.2, -0.15) is 4.98 Å². The first-order chi connectivity index (χ1) is 10.9. The number of nitrogens with one attached hydrogen (secondary N) is 1. The van der Waals surface area contributed by atoms with Gasteiger partial charge in [0.05, 0.1) is 0 Å². The molecule has 1 aromatic rings. The van der Waals surface area contributed by atoms with Crippen molar-refractivity contribution in [3.63, 3.8) is 0 Å². The number of hydrogen-bond donors (Lipinski definition) is 1. The van der Waals surface area contributed by atoms with E-state index in [4.69, 9.17) is 4.52 Å². The Morgan fingerprint density at radius 1 is 1.43 bits per heavy atom. The van der Waals surface area contributed by atoms with E-state index in [1.54, 1.807) is 0 Å². The number of aryl methyl sites for hydroxylation is 1. The fourth-order valence-electron chi connectivity index (χ4n) is 2.92. The van der Waals surface area contributed by atoms with Gasteiger partial charge in [-0.25, -0.2) is 0 Å². The number of likely N-dealkylation sites (tertiary alicyclic amines) is 1. The van der Waals surface area contributed by atoms with Crippen LogP contribution in [0.15, 0.2) is 4.52 Å². The van der Waals surface area contributed by atoms with E-state index in [0.717, 1.165) is 31.9 Å². The summed E-state index contributed by atoms with van der Waals surface area (Å²) in [5.74, 6) is 1.46. The van der Waals surface area contributed by atoms with Gasteiger partial charge in [-0.15, -0.1) is 0 Å². The lowest BCUT2D eigenvalue weighted by Crippen LogP contribution is -2.39. The molecular weight excluding hydrogens is 292 g/mol. The number of likely N-dealkylation sites (N-methyl/N-ethyl adjacent to an activating group) is 1. The van der Waals surface area contributed by atoms with Gasteiger partial charge >= 0.3 is 0 Å². The molecule has 1 N–H and O–H groups in total.